The van der Waals surface area contributed by atoms with Gasteiger partial charge in [0.05, 0.1) is 29.6 Å². The first-order chi connectivity index (χ1) is 42.3. The Bertz CT molecular complexity index is 3750. The van der Waals surface area contributed by atoms with Gasteiger partial charge in [-0.3, -0.25) is 9.59 Å². The molecule has 9 unspecified atom stereocenters. The van der Waals surface area contributed by atoms with Crippen molar-refractivity contribution < 1.29 is 45.0 Å². The Morgan fingerprint density at radius 1 is 0.736 bits per heavy atom. The number of aromatic nitrogens is 2. The van der Waals surface area contributed by atoms with E-state index >= 15 is 9.59 Å². The third-order valence-corrected chi connectivity index (χ3v) is 21.8. The van der Waals surface area contributed by atoms with Gasteiger partial charge in [0, 0.05) is 72.5 Å². The highest BCUT2D eigenvalue weighted by Crippen LogP contribution is 2.62. The lowest BCUT2D eigenvalue weighted by Gasteiger charge is -2.42. The lowest BCUT2D eigenvalue weighted by Crippen LogP contribution is -2.47. The average molecular weight is 1170 g/mol. The van der Waals surface area contributed by atoms with Gasteiger partial charge >= 0.3 is 0 Å². The molecule has 2 aromatic heterocycles. The van der Waals surface area contributed by atoms with Gasteiger partial charge in [-0.1, -0.05) is 79.3 Å². The van der Waals surface area contributed by atoms with Crippen molar-refractivity contribution in [3.8, 4) is 40.2 Å². The van der Waals surface area contributed by atoms with Crippen LogP contribution in [0.5, 0.6) is 17.2 Å². The monoisotopic (exact) mass is 1170 g/mol. The summed E-state index contributed by atoms with van der Waals surface area (Å²) in [4.78, 5) is 38.9. The molecule has 3 fully saturated rings. The van der Waals surface area contributed by atoms with Crippen molar-refractivity contribution in [1.82, 2.24) is 15.3 Å². The molecule has 10 N–H and O–H groups in total. The molecule has 9 atom stereocenters. The number of aromatic amines is 2. The number of aromatic hydroxyl groups is 2. The number of carbonyl (C=O) groups excluding carboxylic acids is 2. The van der Waals surface area contributed by atoms with Gasteiger partial charge < -0.3 is 56.0 Å². The Morgan fingerprint density at radius 3 is 2.41 bits per heavy atom. The van der Waals surface area contributed by atoms with Gasteiger partial charge in [0.15, 0.2) is 17.3 Å². The first-order valence-corrected chi connectivity index (χ1v) is 32.4. The number of phenolic OH excluding ortho intramolecular Hbond substituents is 2. The van der Waals surface area contributed by atoms with Crippen molar-refractivity contribution >= 4 is 29.5 Å². The number of benzene rings is 4. The third-order valence-electron chi connectivity index (χ3n) is 21.8. The number of rotatable bonds is 6. The number of nitrogens with one attached hydrogen (secondary N) is 4. The predicted molar refractivity (Wildman–Crippen MR) is 336 cm³/mol. The normalized spacial score (nSPS) is 28.6. The Labute approximate surface area is 509 Å². The number of aliphatic hydroxyl groups is 4. The fourth-order valence-electron chi connectivity index (χ4n) is 17.3. The largest absolute Gasteiger partial charge is 0.507 e. The summed E-state index contributed by atoms with van der Waals surface area (Å²) in [5, 5.41) is 82.9. The Balaban J connectivity index is 1.02. The van der Waals surface area contributed by atoms with Crippen LogP contribution < -0.4 is 15.4 Å². The molecule has 6 aromatic rings. The molecule has 0 amide bonds. The Kier molecular flexibility index (Phi) is 15.5. The summed E-state index contributed by atoms with van der Waals surface area (Å²) in [5.41, 5.74) is 8.77. The highest BCUT2D eigenvalue weighted by Gasteiger charge is 2.56. The number of H-pyrrole nitrogens is 2. The summed E-state index contributed by atoms with van der Waals surface area (Å²) in [6.07, 6.45) is 19.9. The molecule has 4 aromatic carbocycles. The number of carbonyl (C=O) groups is 2. The standard InChI is InChI=1S/C74H82N4O9/c79-34-24-54-64(81)19-16-44-35-58(68(83)65(36-44)87-50-12-2-3-13-50)67(82)56-38-49-37-47-22-32-77-71(47)78-61(57-40-62-53(23-33-76-62)59(66(57)69(54)84)41-73(86)27-20-46-10-7-15-63(80)52(46)21-28-73)18-17-48-42-75-31-8-11-45-9-1-4-14-51(45)55(56)39-60(49)74(70(48)85)30-29-72(43-74)25-5-6-26-72/h1,4,7,9-10,14-15,21-23,28,32-33,35-36,38-40,48,50,54,59,61,66-67,70,75-80,82-83,85-86H,2-3,5-6,8,11-13,16,19-20,24-27,29-31,34,37,41-43H2. The maximum absolute atomic E-state index is 16.5. The molecule has 8 aliphatic rings. The van der Waals surface area contributed by atoms with E-state index in [-0.39, 0.29) is 65.8 Å². The number of ketones is 2. The van der Waals surface area contributed by atoms with E-state index in [1.165, 1.54) is 0 Å². The maximum atomic E-state index is 16.5. The predicted octanol–water partition coefficient (Wildman–Crippen LogP) is 11.4. The van der Waals surface area contributed by atoms with E-state index in [0.29, 0.717) is 60.4 Å². The van der Waals surface area contributed by atoms with E-state index in [1.807, 2.05) is 30.6 Å². The van der Waals surface area contributed by atoms with Crippen molar-refractivity contribution in [1.29, 1.82) is 0 Å². The lowest BCUT2D eigenvalue weighted by molar-refractivity contribution is -0.135. The number of hydrogen-bond donors (Lipinski definition) is 10. The minimum absolute atomic E-state index is 0.0219. The summed E-state index contributed by atoms with van der Waals surface area (Å²) in [5.74, 6) is 3.95. The Morgan fingerprint density at radius 2 is 1.56 bits per heavy atom. The SMILES string of the molecule is O=C1CCc2cc(OC3CCCC3)c(O)c(c2)C(O)c2cc3c4cc2-c2ccccc2CCCNCC(C#CC(Nc2[nH]ccc2C3)C2=Cc3[nH]ccc3C(CC3(O)C=Cc5c(O)cccc5CC3)C2C(=O)C1CCO)C(O)C41CCC2(CCCC2)C1. The van der Waals surface area contributed by atoms with Crippen molar-refractivity contribution in [2.24, 2.45) is 23.2 Å². The van der Waals surface area contributed by atoms with Gasteiger partial charge in [-0.25, -0.2) is 0 Å². The highest BCUT2D eigenvalue weighted by atomic mass is 16.5. The lowest BCUT2D eigenvalue weighted by atomic mass is 9.64. The molecule has 5 heterocycles. The van der Waals surface area contributed by atoms with Crippen LogP contribution in [-0.2, 0) is 40.7 Å². The zero-order valence-electron chi connectivity index (χ0n) is 49.7. The van der Waals surface area contributed by atoms with Crippen LogP contribution in [0.1, 0.15) is 176 Å². The summed E-state index contributed by atoms with van der Waals surface area (Å²) < 4.78 is 6.70. The molecule has 14 rings (SSSR count). The van der Waals surface area contributed by atoms with Gasteiger partial charge in [0.2, 0.25) is 0 Å². The van der Waals surface area contributed by atoms with Crippen molar-refractivity contribution in [2.45, 2.75) is 170 Å². The molecule has 13 heteroatoms. The second-order valence-corrected chi connectivity index (χ2v) is 27.0. The molecule has 13 nitrogen and oxygen atoms in total. The molecule has 5 aliphatic carbocycles. The van der Waals surface area contributed by atoms with Crippen molar-refractivity contribution in [3.63, 3.8) is 0 Å². The molecule has 452 valence electrons. The molecule has 3 aliphatic heterocycles. The zero-order valence-corrected chi connectivity index (χ0v) is 49.7. The molecular weight excluding hydrogens is 1090 g/mol. The smallest absolute Gasteiger partial charge is 0.163 e. The van der Waals surface area contributed by atoms with Crippen molar-refractivity contribution in [2.75, 3.05) is 25.0 Å². The van der Waals surface area contributed by atoms with E-state index in [2.05, 4.69) is 74.9 Å². The van der Waals surface area contributed by atoms with Crippen LogP contribution in [0.15, 0.2) is 103 Å². The number of fused-ring (bicyclic) bond motifs is 13. The minimum Gasteiger partial charge on any atom is -0.507 e. The summed E-state index contributed by atoms with van der Waals surface area (Å²) >= 11 is 0. The second-order valence-electron chi connectivity index (χ2n) is 27.0. The van der Waals surface area contributed by atoms with Crippen LogP contribution in [0.4, 0.5) is 5.82 Å². The number of ether oxygens (including phenoxy) is 1. The molecule has 8 bridgehead atoms. The molecule has 87 heavy (non-hydrogen) atoms. The number of phenols is 2. The van der Waals surface area contributed by atoms with E-state index in [9.17, 15) is 30.6 Å². The molecule has 0 saturated heterocycles. The molecule has 0 radical (unpaired) electrons. The van der Waals surface area contributed by atoms with Crippen LogP contribution in [0.2, 0.25) is 0 Å². The first-order valence-electron chi connectivity index (χ1n) is 32.4. The second kappa shape index (κ2) is 23.4. The number of Topliss-reactive ketones (excluding diaryl/α,β-unsaturated/α-hetero) is 2. The first kappa shape index (κ1) is 57.6. The van der Waals surface area contributed by atoms with Crippen LogP contribution in [-0.4, -0.2) is 95.7 Å². The number of aliphatic hydroxyl groups excluding tert-OH is 3. The van der Waals surface area contributed by atoms with Gasteiger partial charge in [-0.2, -0.15) is 0 Å². The average Bonchev–Trinajstić information content (AvgIpc) is 1.72. The van der Waals surface area contributed by atoms with Crippen LogP contribution in [0.3, 0.4) is 0 Å². The number of anilines is 1. The maximum Gasteiger partial charge on any atom is 0.163 e. The van der Waals surface area contributed by atoms with E-state index in [0.717, 1.165) is 134 Å². The summed E-state index contributed by atoms with van der Waals surface area (Å²) in [6, 6.07) is 25.0. The van der Waals surface area contributed by atoms with E-state index < -0.39 is 65.3 Å². The van der Waals surface area contributed by atoms with E-state index in [4.69, 9.17) is 4.74 Å². The van der Waals surface area contributed by atoms with Gasteiger partial charge in [0.25, 0.3) is 0 Å². The summed E-state index contributed by atoms with van der Waals surface area (Å²) in [6.45, 7) is 0.597. The fourth-order valence-corrected chi connectivity index (χ4v) is 17.3. The molecular formula is C74H82N4O9. The van der Waals surface area contributed by atoms with Crippen LogP contribution >= 0.6 is 0 Å². The third kappa shape index (κ3) is 10.7. The number of hydrogen-bond acceptors (Lipinski definition) is 11. The van der Waals surface area contributed by atoms with Gasteiger partial charge in [-0.15, -0.1) is 0 Å². The number of aryl methyl sites for hydroxylation is 3. The van der Waals surface area contributed by atoms with E-state index in [1.54, 1.807) is 36.4 Å². The highest BCUT2D eigenvalue weighted by molar-refractivity contribution is 6.05. The minimum atomic E-state index is -1.48. The van der Waals surface area contributed by atoms with Gasteiger partial charge in [-0.05, 0) is 218 Å². The summed E-state index contributed by atoms with van der Waals surface area (Å²) in [7, 11) is 0. The van der Waals surface area contributed by atoms with Crippen LogP contribution in [0, 0.1) is 35.0 Å². The fraction of sp³-hybridized carbons (Fsp3) is 0.459. The van der Waals surface area contributed by atoms with Crippen molar-refractivity contribution in [3.05, 3.63) is 164 Å². The van der Waals surface area contributed by atoms with Crippen LogP contribution in [0.25, 0.3) is 23.3 Å². The zero-order chi connectivity index (χ0) is 59.6. The van der Waals surface area contributed by atoms with Gasteiger partial charge in [0.1, 0.15) is 29.5 Å². The quantitative estimate of drug-likeness (QED) is 0.0558. The molecule has 2 spiro atoms. The Hall–Kier alpha value is -7.18. The molecule has 3 saturated carbocycles. The topological polar surface area (TPSA) is 220 Å².